The molecular weight excluding hydrogens is 1350 g/mol. The largest absolute Gasteiger partial charge is 0.345 e. The van der Waals surface area contributed by atoms with Gasteiger partial charge >= 0.3 is 0 Å². The van der Waals surface area contributed by atoms with E-state index >= 15 is 0 Å². The fourth-order valence-electron chi connectivity index (χ4n) is 14.7. The molecular formula is C104H135N5Si. The van der Waals surface area contributed by atoms with Gasteiger partial charge in [0.05, 0.1) is 5.52 Å². The third-order valence-corrected chi connectivity index (χ3v) is 22.9. The van der Waals surface area contributed by atoms with Crippen LogP contribution < -0.4 is 25.1 Å². The summed E-state index contributed by atoms with van der Waals surface area (Å²) < 4.78 is 4.57. The molecule has 0 radical (unpaired) electrons. The number of para-hydroxylation sites is 8. The molecule has 0 saturated heterocycles. The topological polar surface area (TPSA) is 19.6 Å². The van der Waals surface area contributed by atoms with E-state index < -0.39 is 8.07 Å². The van der Waals surface area contributed by atoms with Gasteiger partial charge in [-0.05, 0) is 103 Å². The number of rotatable bonds is 0. The second kappa shape index (κ2) is 46.2. The molecule has 0 atom stereocenters. The van der Waals surface area contributed by atoms with Crippen molar-refractivity contribution in [1.29, 1.82) is 0 Å². The quantitative estimate of drug-likeness (QED) is 0.141. The molecule has 0 aliphatic carbocycles. The summed E-state index contributed by atoms with van der Waals surface area (Å²) in [6.45, 7) is 49.5. The monoisotopic (exact) mass is 1480 g/mol. The Labute approximate surface area is 667 Å². The third-order valence-electron chi connectivity index (χ3n) is 19.4. The molecule has 0 amide bonds. The molecule has 2 aromatic heterocycles. The van der Waals surface area contributed by atoms with Gasteiger partial charge in [0.1, 0.15) is 8.07 Å². The van der Waals surface area contributed by atoms with Gasteiger partial charge in [0.2, 0.25) is 0 Å². The van der Waals surface area contributed by atoms with Crippen molar-refractivity contribution in [2.24, 2.45) is 14.1 Å². The van der Waals surface area contributed by atoms with Gasteiger partial charge in [-0.2, -0.15) is 0 Å². The van der Waals surface area contributed by atoms with Crippen LogP contribution in [-0.2, 0) is 19.5 Å². The minimum atomic E-state index is -1.52. The molecule has 0 spiro atoms. The summed E-state index contributed by atoms with van der Waals surface area (Å²) in [5.41, 5.74) is 21.2. The smallest absolute Gasteiger partial charge is 0.117 e. The van der Waals surface area contributed by atoms with Crippen LogP contribution in [0.5, 0.6) is 0 Å². The third kappa shape index (κ3) is 19.4. The molecule has 0 unspecified atom stereocenters. The highest BCUT2D eigenvalue weighted by atomic mass is 28.3. The fourth-order valence-corrected chi connectivity index (χ4v) is 17.8. The standard InChI is InChI=1S/C21H15N.C19H15N.C16H17N.C15H17NSi.C13H11N.10C2H6/c1-22-19-13-11-14-6-2-4-8-16(14)20(19)18-12-10-15-7-3-5-9-17(15)21(18)22;1-20-18-12-6-4-10-16(18)14-8-2-3-9-15(14)17-11-5-7-13-19(17)20;1-16(2)12-8-4-6-10-14(12)17(3)15-11-7-5-9-13(15)16;1-16-12-8-4-6-10-14(12)17(2,3)15-11-7-5-9-13(15)16;1-14-12-8-4-2-6-10(12)11-7-3-5-9-13(11)14;10*1-2/h2-13H,1H3;2-13H,1H3;2*4-11H,1-3H3;2-9H,1H3;10*1-2H3. The van der Waals surface area contributed by atoms with Crippen LogP contribution in [0.3, 0.4) is 0 Å². The van der Waals surface area contributed by atoms with Crippen LogP contribution in [0, 0.1) is 0 Å². The van der Waals surface area contributed by atoms with Crippen LogP contribution in [0.2, 0.25) is 13.1 Å². The van der Waals surface area contributed by atoms with E-state index in [1.54, 1.807) is 10.4 Å². The van der Waals surface area contributed by atoms with E-state index in [0.29, 0.717) is 0 Å². The van der Waals surface area contributed by atoms with Crippen LogP contribution in [0.15, 0.2) is 291 Å². The summed E-state index contributed by atoms with van der Waals surface area (Å²) in [6, 6.07) is 104. The number of fused-ring (bicyclic) bond motifs is 19. The predicted molar refractivity (Wildman–Crippen MR) is 505 cm³/mol. The summed E-state index contributed by atoms with van der Waals surface area (Å²) in [5.74, 6) is 0. The molecule has 3 aliphatic rings. The number of aryl methyl sites for hydroxylation is 2. The first-order valence-electron chi connectivity index (χ1n) is 41.4. The van der Waals surface area contributed by atoms with Crippen molar-refractivity contribution in [3.05, 3.63) is 302 Å². The zero-order valence-electron chi connectivity index (χ0n) is 72.9. The minimum absolute atomic E-state index is 0.0830. The van der Waals surface area contributed by atoms with Crippen LogP contribution >= 0.6 is 0 Å². The molecule has 0 saturated carbocycles. The first kappa shape index (κ1) is 92.0. The first-order chi connectivity index (χ1) is 53.8. The molecule has 0 fully saturated rings. The lowest BCUT2D eigenvalue weighted by Crippen LogP contribution is -2.58. The van der Waals surface area contributed by atoms with E-state index in [9.17, 15) is 0 Å². The first-order valence-corrected chi connectivity index (χ1v) is 44.4. The molecule has 5 heterocycles. The van der Waals surface area contributed by atoms with Gasteiger partial charge in [-0.1, -0.05) is 402 Å². The normalized spacial score (nSPS) is 11.6. The highest BCUT2D eigenvalue weighted by molar-refractivity contribution is 7.02. The Morgan fingerprint density at radius 1 is 0.227 bits per heavy atom. The number of hydrogen-bond donors (Lipinski definition) is 0. The van der Waals surface area contributed by atoms with Gasteiger partial charge < -0.3 is 23.8 Å². The number of aromatic nitrogens is 2. The maximum absolute atomic E-state index is 2.44. The molecule has 580 valence electrons. The summed E-state index contributed by atoms with van der Waals surface area (Å²) in [6.07, 6.45) is 0. The molecule has 0 bridgehead atoms. The Bertz CT molecular complexity index is 4880. The van der Waals surface area contributed by atoms with Gasteiger partial charge in [0, 0.05) is 129 Å². The van der Waals surface area contributed by atoms with Gasteiger partial charge in [0.15, 0.2) is 0 Å². The van der Waals surface area contributed by atoms with Crippen LogP contribution in [0.1, 0.15) is 163 Å². The Hall–Kier alpha value is -10.4. The molecule has 15 aromatic rings. The molecule has 5 nitrogen and oxygen atoms in total. The number of hydrogen-bond acceptors (Lipinski definition) is 3. The zero-order chi connectivity index (χ0) is 81.8. The maximum Gasteiger partial charge on any atom is 0.117 e. The van der Waals surface area contributed by atoms with Crippen molar-refractivity contribution in [1.82, 2.24) is 9.13 Å². The Morgan fingerprint density at radius 2 is 0.518 bits per heavy atom. The molecule has 18 rings (SSSR count). The number of nitrogens with zero attached hydrogens (tertiary/aromatic N) is 5. The molecule has 13 aromatic carbocycles. The average Bonchev–Trinajstić information content (AvgIpc) is 1.23. The van der Waals surface area contributed by atoms with E-state index in [2.05, 4.69) is 377 Å². The maximum atomic E-state index is 2.44. The lowest BCUT2D eigenvalue weighted by Gasteiger charge is -2.40. The second-order valence-electron chi connectivity index (χ2n) is 25.1. The van der Waals surface area contributed by atoms with Gasteiger partial charge in [-0.15, -0.1) is 0 Å². The van der Waals surface area contributed by atoms with Gasteiger partial charge in [-0.25, -0.2) is 0 Å². The molecule has 0 N–H and O–H groups in total. The second-order valence-corrected chi connectivity index (χ2v) is 29.4. The van der Waals surface area contributed by atoms with Crippen molar-refractivity contribution in [2.75, 3.05) is 35.8 Å². The highest BCUT2D eigenvalue weighted by Crippen LogP contribution is 2.49. The van der Waals surface area contributed by atoms with Crippen LogP contribution in [0.25, 0.3) is 87.4 Å². The summed E-state index contributed by atoms with van der Waals surface area (Å²) in [7, 11) is 9.23. The number of anilines is 6. The van der Waals surface area contributed by atoms with E-state index in [1.165, 1.54) is 133 Å². The van der Waals surface area contributed by atoms with E-state index in [-0.39, 0.29) is 5.41 Å². The van der Waals surface area contributed by atoms with Crippen LogP contribution in [0.4, 0.5) is 34.1 Å². The van der Waals surface area contributed by atoms with Crippen molar-refractivity contribution in [3.63, 3.8) is 0 Å². The lowest BCUT2D eigenvalue weighted by atomic mass is 9.74. The molecule has 110 heavy (non-hydrogen) atoms. The zero-order valence-corrected chi connectivity index (χ0v) is 73.9. The SMILES string of the molecule is CC.CC.CC.CC.CC.CC.CC.CC.CC.CC.CN1c2ccccc2-c2ccccc2-c2ccccc21.CN1c2ccccc2C(C)(C)c2ccccc21.CN1c2ccccc2[Si](C)(C)c2ccccc21.Cn1c2ccc3ccccc3c2c2ccc3ccccc3c21.Cn1c2ccccc2c2ccccc21. The average molecular weight is 1480 g/mol. The predicted octanol–water partition coefficient (Wildman–Crippen LogP) is 31.0. The van der Waals surface area contributed by atoms with Crippen molar-refractivity contribution in [2.45, 2.75) is 171 Å². The molecule has 6 heteroatoms. The summed E-state index contributed by atoms with van der Waals surface area (Å²) >= 11 is 0. The van der Waals surface area contributed by atoms with Crippen LogP contribution in [-0.4, -0.2) is 38.4 Å². The van der Waals surface area contributed by atoms with Crippen molar-refractivity contribution < 1.29 is 0 Å². The Kier molecular flexibility index (Phi) is 38.6. The highest BCUT2D eigenvalue weighted by Gasteiger charge is 2.37. The van der Waals surface area contributed by atoms with Crippen molar-refractivity contribution >= 4 is 118 Å². The Balaban J connectivity index is 0.000000275. The van der Waals surface area contributed by atoms with E-state index in [1.807, 2.05) is 138 Å². The van der Waals surface area contributed by atoms with Gasteiger partial charge in [-0.3, -0.25) is 0 Å². The summed E-state index contributed by atoms with van der Waals surface area (Å²) in [5, 5.41) is 13.7. The van der Waals surface area contributed by atoms with Crippen molar-refractivity contribution in [3.8, 4) is 22.3 Å². The Morgan fingerprint density at radius 3 is 0.945 bits per heavy atom. The number of benzene rings is 13. The van der Waals surface area contributed by atoms with E-state index in [0.717, 1.165) is 0 Å². The van der Waals surface area contributed by atoms with E-state index in [4.69, 9.17) is 0 Å². The summed E-state index contributed by atoms with van der Waals surface area (Å²) in [4.78, 5) is 6.89. The fraction of sp³-hybridized carbons (Fsp3) is 0.288. The minimum Gasteiger partial charge on any atom is -0.345 e. The van der Waals surface area contributed by atoms with Gasteiger partial charge in [0.25, 0.3) is 0 Å². The lowest BCUT2D eigenvalue weighted by molar-refractivity contribution is 0.629. The molecule has 3 aliphatic heterocycles.